The maximum Gasteiger partial charge on any atom is 0.252 e. The average Bonchev–Trinajstić information content (AvgIpc) is 2.77. The van der Waals surface area contributed by atoms with Crippen LogP contribution in [0.4, 0.5) is 0 Å². The molecule has 0 aliphatic carbocycles. The van der Waals surface area contributed by atoms with Crippen LogP contribution in [0, 0.1) is 17.8 Å². The molecule has 1 atom stereocenters. The highest BCUT2D eigenvalue weighted by Gasteiger charge is 2.39. The van der Waals surface area contributed by atoms with Crippen LogP contribution in [0.25, 0.3) is 0 Å². The zero-order chi connectivity index (χ0) is 14.8. The van der Waals surface area contributed by atoms with E-state index in [9.17, 15) is 4.79 Å². The molecular formula is C16H26N2O2. The van der Waals surface area contributed by atoms with Gasteiger partial charge in [0.15, 0.2) is 0 Å². The predicted octanol–water partition coefficient (Wildman–Crippen LogP) is 1.36. The Morgan fingerprint density at radius 2 is 2.10 bits per heavy atom. The van der Waals surface area contributed by atoms with Crippen LogP contribution in [0.15, 0.2) is 0 Å². The van der Waals surface area contributed by atoms with Crippen molar-refractivity contribution in [3.05, 3.63) is 0 Å². The lowest BCUT2D eigenvalue weighted by molar-refractivity contribution is -0.143. The Balaban J connectivity index is 2.01. The fourth-order valence-electron chi connectivity index (χ4n) is 3.08. The van der Waals surface area contributed by atoms with E-state index in [0.29, 0.717) is 13.2 Å². The van der Waals surface area contributed by atoms with E-state index in [2.05, 4.69) is 31.7 Å². The molecule has 2 saturated heterocycles. The highest BCUT2D eigenvalue weighted by atomic mass is 16.5. The third-order valence-corrected chi connectivity index (χ3v) is 4.36. The third-order valence-electron chi connectivity index (χ3n) is 4.36. The first kappa shape index (κ1) is 15.3. The van der Waals surface area contributed by atoms with Gasteiger partial charge in [-0.05, 0) is 44.8 Å². The number of terminal acetylenes is 1. The summed E-state index contributed by atoms with van der Waals surface area (Å²) in [6.07, 6.45) is 7.94. The smallest absolute Gasteiger partial charge is 0.252 e. The highest BCUT2D eigenvalue weighted by molar-refractivity contribution is 5.82. The standard InChI is InChI=1S/C16H26N2O2/c1-5-8-18(13-6-9-17(4)10-7-13)15(19)14-11-16(2,3)12-20-14/h1,13-14H,6-12H2,2-4H3. The molecule has 0 N–H and O–H groups in total. The van der Waals surface area contributed by atoms with E-state index in [1.807, 2.05) is 4.90 Å². The lowest BCUT2D eigenvalue weighted by atomic mass is 9.90. The molecule has 2 fully saturated rings. The van der Waals surface area contributed by atoms with Gasteiger partial charge in [0, 0.05) is 6.04 Å². The Kier molecular flexibility index (Phi) is 4.72. The quantitative estimate of drug-likeness (QED) is 0.731. The average molecular weight is 278 g/mol. The van der Waals surface area contributed by atoms with E-state index >= 15 is 0 Å². The molecule has 0 aromatic rings. The molecule has 0 bridgehead atoms. The molecule has 20 heavy (non-hydrogen) atoms. The van der Waals surface area contributed by atoms with Gasteiger partial charge < -0.3 is 14.5 Å². The first-order valence-electron chi connectivity index (χ1n) is 7.47. The Bertz CT molecular complexity index is 392. The van der Waals surface area contributed by atoms with Gasteiger partial charge in [0.1, 0.15) is 6.10 Å². The number of carbonyl (C=O) groups is 1. The Labute approximate surface area is 122 Å². The first-order chi connectivity index (χ1) is 9.43. The largest absolute Gasteiger partial charge is 0.368 e. The van der Waals surface area contributed by atoms with Crippen LogP contribution in [0.1, 0.15) is 33.1 Å². The molecule has 1 amide bonds. The number of likely N-dealkylation sites (tertiary alicyclic amines) is 1. The molecule has 4 nitrogen and oxygen atoms in total. The summed E-state index contributed by atoms with van der Waals surface area (Å²) in [5.74, 6) is 2.72. The normalized spacial score (nSPS) is 27.2. The Morgan fingerprint density at radius 3 is 2.60 bits per heavy atom. The molecular weight excluding hydrogens is 252 g/mol. The van der Waals surface area contributed by atoms with Gasteiger partial charge in [-0.25, -0.2) is 0 Å². The number of ether oxygens (including phenoxy) is 1. The fraction of sp³-hybridized carbons (Fsp3) is 0.812. The van der Waals surface area contributed by atoms with Crippen molar-refractivity contribution in [2.75, 3.05) is 33.3 Å². The second-order valence-electron chi connectivity index (χ2n) is 6.87. The molecule has 0 aromatic carbocycles. The van der Waals surface area contributed by atoms with Crippen LogP contribution in [0.5, 0.6) is 0 Å². The van der Waals surface area contributed by atoms with Crippen molar-refractivity contribution in [1.82, 2.24) is 9.80 Å². The maximum atomic E-state index is 12.7. The molecule has 2 aliphatic heterocycles. The van der Waals surface area contributed by atoms with Crippen LogP contribution in [0.2, 0.25) is 0 Å². The number of nitrogens with zero attached hydrogens (tertiary/aromatic N) is 2. The number of amides is 1. The third kappa shape index (κ3) is 3.53. The summed E-state index contributed by atoms with van der Waals surface area (Å²) >= 11 is 0. The summed E-state index contributed by atoms with van der Waals surface area (Å²) in [4.78, 5) is 16.9. The van der Waals surface area contributed by atoms with Gasteiger partial charge in [0.25, 0.3) is 5.91 Å². The lowest BCUT2D eigenvalue weighted by Crippen LogP contribution is -2.50. The van der Waals surface area contributed by atoms with Crippen molar-refractivity contribution >= 4 is 5.91 Å². The molecule has 2 heterocycles. The SMILES string of the molecule is C#CCN(C(=O)C1CC(C)(C)CO1)C1CCN(C)CC1. The van der Waals surface area contributed by atoms with E-state index in [4.69, 9.17) is 11.2 Å². The van der Waals surface area contributed by atoms with Crippen molar-refractivity contribution < 1.29 is 9.53 Å². The van der Waals surface area contributed by atoms with Gasteiger partial charge >= 0.3 is 0 Å². The molecule has 0 aromatic heterocycles. The molecule has 0 spiro atoms. The number of hydrogen-bond donors (Lipinski definition) is 0. The first-order valence-corrected chi connectivity index (χ1v) is 7.47. The topological polar surface area (TPSA) is 32.8 Å². The number of hydrogen-bond acceptors (Lipinski definition) is 3. The molecule has 0 radical (unpaired) electrons. The zero-order valence-electron chi connectivity index (χ0n) is 12.9. The Hall–Kier alpha value is -1.05. The van der Waals surface area contributed by atoms with E-state index in [1.165, 1.54) is 0 Å². The van der Waals surface area contributed by atoms with Gasteiger partial charge in [-0.15, -0.1) is 6.42 Å². The molecule has 2 aliphatic rings. The minimum absolute atomic E-state index is 0.0862. The molecule has 0 saturated carbocycles. The van der Waals surface area contributed by atoms with Gasteiger partial charge in [0.05, 0.1) is 13.2 Å². The summed E-state index contributed by atoms with van der Waals surface area (Å²) in [5, 5.41) is 0. The zero-order valence-corrected chi connectivity index (χ0v) is 12.9. The van der Waals surface area contributed by atoms with E-state index in [0.717, 1.165) is 32.4 Å². The molecule has 1 unspecified atom stereocenters. The minimum Gasteiger partial charge on any atom is -0.368 e. The van der Waals surface area contributed by atoms with Crippen LogP contribution in [0.3, 0.4) is 0 Å². The summed E-state index contributed by atoms with van der Waals surface area (Å²) in [7, 11) is 2.12. The van der Waals surface area contributed by atoms with Gasteiger partial charge in [0.2, 0.25) is 0 Å². The van der Waals surface area contributed by atoms with Crippen LogP contribution < -0.4 is 0 Å². The second-order valence-corrected chi connectivity index (χ2v) is 6.87. The van der Waals surface area contributed by atoms with E-state index in [1.54, 1.807) is 0 Å². The van der Waals surface area contributed by atoms with Gasteiger partial charge in [-0.3, -0.25) is 4.79 Å². The summed E-state index contributed by atoms with van der Waals surface area (Å²) in [5.41, 5.74) is 0.0922. The van der Waals surface area contributed by atoms with Crippen LogP contribution in [-0.2, 0) is 9.53 Å². The predicted molar refractivity (Wildman–Crippen MR) is 79.2 cm³/mol. The molecule has 2 rings (SSSR count). The van der Waals surface area contributed by atoms with Crippen molar-refractivity contribution in [2.24, 2.45) is 5.41 Å². The summed E-state index contributed by atoms with van der Waals surface area (Å²) in [6, 6.07) is 0.266. The minimum atomic E-state index is -0.307. The summed E-state index contributed by atoms with van der Waals surface area (Å²) < 4.78 is 5.70. The van der Waals surface area contributed by atoms with Crippen molar-refractivity contribution in [3.8, 4) is 12.3 Å². The number of piperidine rings is 1. The monoisotopic (exact) mass is 278 g/mol. The van der Waals surface area contributed by atoms with Gasteiger partial charge in [-0.2, -0.15) is 0 Å². The Morgan fingerprint density at radius 1 is 1.45 bits per heavy atom. The van der Waals surface area contributed by atoms with Gasteiger partial charge in [-0.1, -0.05) is 19.8 Å². The number of rotatable bonds is 3. The van der Waals surface area contributed by atoms with Crippen molar-refractivity contribution in [2.45, 2.75) is 45.3 Å². The van der Waals surface area contributed by atoms with Crippen LogP contribution in [-0.4, -0.2) is 61.1 Å². The van der Waals surface area contributed by atoms with E-state index < -0.39 is 0 Å². The maximum absolute atomic E-state index is 12.7. The summed E-state index contributed by atoms with van der Waals surface area (Å²) in [6.45, 7) is 7.38. The van der Waals surface area contributed by atoms with Crippen molar-refractivity contribution in [1.29, 1.82) is 0 Å². The number of carbonyl (C=O) groups excluding carboxylic acids is 1. The fourth-order valence-corrected chi connectivity index (χ4v) is 3.08. The second kappa shape index (κ2) is 6.15. The highest BCUT2D eigenvalue weighted by Crippen LogP contribution is 2.32. The lowest BCUT2D eigenvalue weighted by Gasteiger charge is -2.37. The van der Waals surface area contributed by atoms with Crippen molar-refractivity contribution in [3.63, 3.8) is 0 Å². The van der Waals surface area contributed by atoms with Crippen LogP contribution >= 0.6 is 0 Å². The molecule has 112 valence electrons. The molecule has 4 heteroatoms. The van der Waals surface area contributed by atoms with E-state index in [-0.39, 0.29) is 23.5 Å².